The van der Waals surface area contributed by atoms with Gasteiger partial charge in [0.25, 0.3) is 0 Å². The molecule has 0 unspecified atom stereocenters. The fourth-order valence-electron chi connectivity index (χ4n) is 3.19. The maximum Gasteiger partial charge on any atom is 0.227 e. The first-order valence-corrected chi connectivity index (χ1v) is 10.3. The van der Waals surface area contributed by atoms with Crippen LogP contribution in [0.25, 0.3) is 16.9 Å². The van der Waals surface area contributed by atoms with Crippen LogP contribution in [-0.2, 0) is 4.79 Å². The summed E-state index contributed by atoms with van der Waals surface area (Å²) in [5.74, 6) is 0.474. The summed E-state index contributed by atoms with van der Waals surface area (Å²) in [7, 11) is 0. The number of nitrogens with zero attached hydrogens (tertiary/aromatic N) is 5. The van der Waals surface area contributed by atoms with Crippen molar-refractivity contribution in [2.45, 2.75) is 13.3 Å². The van der Waals surface area contributed by atoms with Crippen molar-refractivity contribution in [3.05, 3.63) is 73.7 Å². The molecule has 0 radical (unpaired) electrons. The molecule has 4 aromatic rings. The molecule has 9 heteroatoms. The number of hydrogen-bond donors (Lipinski definition) is 3. The van der Waals surface area contributed by atoms with Crippen LogP contribution in [0.2, 0.25) is 0 Å². The summed E-state index contributed by atoms with van der Waals surface area (Å²) in [6, 6.07) is 11.7. The van der Waals surface area contributed by atoms with Gasteiger partial charge in [-0.15, -0.1) is 0 Å². The molecule has 1 aromatic carbocycles. The lowest BCUT2D eigenvalue weighted by Crippen LogP contribution is -2.22. The molecular weight excluding hydrogens is 404 g/mol. The minimum absolute atomic E-state index is 0.0244. The average molecular weight is 429 g/mol. The summed E-state index contributed by atoms with van der Waals surface area (Å²) in [6.45, 7) is 2.84. The van der Waals surface area contributed by atoms with Gasteiger partial charge in [0.2, 0.25) is 11.9 Å². The summed E-state index contributed by atoms with van der Waals surface area (Å²) in [5, 5.41) is 9.44. The highest BCUT2D eigenvalue weighted by Crippen LogP contribution is 2.26. The zero-order chi connectivity index (χ0) is 22.2. The summed E-state index contributed by atoms with van der Waals surface area (Å²) in [6.07, 6.45) is 11.4. The number of rotatable bonds is 9. The number of hydrogen-bond acceptors (Lipinski definition) is 7. The molecule has 0 bridgehead atoms. The Bertz CT molecular complexity index is 1180. The molecule has 0 aliphatic rings. The molecule has 32 heavy (non-hydrogen) atoms. The van der Waals surface area contributed by atoms with E-state index in [0.29, 0.717) is 19.0 Å². The van der Waals surface area contributed by atoms with Gasteiger partial charge < -0.3 is 20.5 Å². The molecule has 0 aliphatic carbocycles. The van der Waals surface area contributed by atoms with E-state index in [1.54, 1.807) is 31.1 Å². The van der Waals surface area contributed by atoms with Crippen LogP contribution in [0.5, 0.6) is 0 Å². The van der Waals surface area contributed by atoms with E-state index in [1.165, 1.54) is 6.92 Å². The number of carbonyl (C=O) groups excluding carboxylic acids is 1. The molecule has 0 fully saturated rings. The molecule has 0 saturated carbocycles. The number of amides is 1. The van der Waals surface area contributed by atoms with Crippen molar-refractivity contribution in [2.75, 3.05) is 23.7 Å². The maximum atomic E-state index is 11.0. The highest BCUT2D eigenvalue weighted by Gasteiger charge is 2.09. The second-order valence-corrected chi connectivity index (χ2v) is 7.10. The van der Waals surface area contributed by atoms with Crippen LogP contribution in [0.1, 0.15) is 13.3 Å². The third-order valence-electron chi connectivity index (χ3n) is 4.70. The van der Waals surface area contributed by atoms with Crippen LogP contribution in [0.3, 0.4) is 0 Å². The van der Waals surface area contributed by atoms with Crippen molar-refractivity contribution < 1.29 is 4.79 Å². The van der Waals surface area contributed by atoms with Crippen LogP contribution in [0.4, 0.5) is 17.3 Å². The molecule has 3 heterocycles. The van der Waals surface area contributed by atoms with Crippen LogP contribution >= 0.6 is 0 Å². The lowest BCUT2D eigenvalue weighted by molar-refractivity contribution is -0.118. The summed E-state index contributed by atoms with van der Waals surface area (Å²) >= 11 is 0. The van der Waals surface area contributed by atoms with Crippen molar-refractivity contribution in [2.24, 2.45) is 0 Å². The maximum absolute atomic E-state index is 11.0. The van der Waals surface area contributed by atoms with Crippen molar-refractivity contribution in [3.8, 4) is 16.9 Å². The number of carbonyl (C=O) groups is 1. The third kappa shape index (κ3) is 5.45. The summed E-state index contributed by atoms with van der Waals surface area (Å²) in [4.78, 5) is 28.4. The Balaban J connectivity index is 1.48. The van der Waals surface area contributed by atoms with Crippen molar-refractivity contribution in [3.63, 3.8) is 0 Å². The lowest BCUT2D eigenvalue weighted by atomic mass is 10.1. The van der Waals surface area contributed by atoms with Gasteiger partial charge in [-0.3, -0.25) is 9.78 Å². The summed E-state index contributed by atoms with van der Waals surface area (Å²) < 4.78 is 1.93. The van der Waals surface area contributed by atoms with Crippen LogP contribution in [0.15, 0.2) is 73.7 Å². The minimum atomic E-state index is -0.0244. The van der Waals surface area contributed by atoms with Gasteiger partial charge in [0, 0.05) is 61.7 Å². The molecule has 0 aliphatic heterocycles. The molecule has 0 spiro atoms. The molecule has 9 nitrogen and oxygen atoms in total. The largest absolute Gasteiger partial charge is 0.383 e. The van der Waals surface area contributed by atoms with E-state index in [2.05, 4.69) is 30.9 Å². The zero-order valence-corrected chi connectivity index (χ0v) is 17.7. The van der Waals surface area contributed by atoms with Gasteiger partial charge in [-0.25, -0.2) is 15.0 Å². The third-order valence-corrected chi connectivity index (χ3v) is 4.70. The highest BCUT2D eigenvalue weighted by atomic mass is 16.1. The SMILES string of the molecule is CC(=O)NCCCNc1cnccc1-c1ccnc(Nc2cccc(-n3ccnc3)c2)n1. The topological polar surface area (TPSA) is 110 Å². The Labute approximate surface area is 186 Å². The van der Waals surface area contributed by atoms with Gasteiger partial charge >= 0.3 is 0 Å². The van der Waals surface area contributed by atoms with Gasteiger partial charge in [-0.1, -0.05) is 6.07 Å². The summed E-state index contributed by atoms with van der Waals surface area (Å²) in [5.41, 5.74) is 4.45. The Hall–Kier alpha value is -4.27. The van der Waals surface area contributed by atoms with E-state index in [4.69, 9.17) is 4.98 Å². The standard InChI is InChI=1S/C23H24N8O/c1-17(32)26-8-3-9-27-22-15-24-10-6-20(22)21-7-11-28-23(30-21)29-18-4-2-5-19(14-18)31-13-12-25-16-31/h2,4-7,10-16,27H,3,8-9H2,1H3,(H,26,32)(H,28,29,30). The molecule has 1 amide bonds. The van der Waals surface area contributed by atoms with Crippen molar-refractivity contribution in [1.82, 2.24) is 29.8 Å². The number of nitrogens with one attached hydrogen (secondary N) is 3. The minimum Gasteiger partial charge on any atom is -0.383 e. The number of imidazole rings is 1. The molecule has 3 aromatic heterocycles. The lowest BCUT2D eigenvalue weighted by Gasteiger charge is -2.12. The van der Waals surface area contributed by atoms with Crippen LogP contribution < -0.4 is 16.0 Å². The molecule has 0 atom stereocenters. The van der Waals surface area contributed by atoms with Crippen LogP contribution in [0, 0.1) is 0 Å². The van der Waals surface area contributed by atoms with Gasteiger partial charge in [0.05, 0.1) is 23.9 Å². The number of pyridine rings is 1. The van der Waals surface area contributed by atoms with E-state index in [1.807, 2.05) is 47.2 Å². The highest BCUT2D eigenvalue weighted by molar-refractivity contribution is 5.75. The predicted octanol–water partition coefficient (Wildman–Crippen LogP) is 3.41. The number of anilines is 3. The molecule has 162 valence electrons. The molecule has 0 saturated heterocycles. The fourth-order valence-corrected chi connectivity index (χ4v) is 3.19. The first-order valence-electron chi connectivity index (χ1n) is 10.3. The zero-order valence-electron chi connectivity index (χ0n) is 17.7. The first-order chi connectivity index (χ1) is 15.7. The van der Waals surface area contributed by atoms with Gasteiger partial charge in [0.15, 0.2) is 0 Å². The second kappa shape index (κ2) is 10.2. The van der Waals surface area contributed by atoms with E-state index in [9.17, 15) is 4.79 Å². The quantitative estimate of drug-likeness (QED) is 0.351. The van der Waals surface area contributed by atoms with E-state index >= 15 is 0 Å². The average Bonchev–Trinajstić information content (AvgIpc) is 3.34. The normalized spacial score (nSPS) is 10.5. The predicted molar refractivity (Wildman–Crippen MR) is 124 cm³/mol. The van der Waals surface area contributed by atoms with Gasteiger partial charge in [-0.2, -0.15) is 0 Å². The van der Waals surface area contributed by atoms with E-state index in [-0.39, 0.29) is 5.91 Å². The smallest absolute Gasteiger partial charge is 0.227 e. The van der Waals surface area contributed by atoms with Crippen molar-refractivity contribution >= 4 is 23.2 Å². The molecule has 4 rings (SSSR count). The second-order valence-electron chi connectivity index (χ2n) is 7.10. The van der Waals surface area contributed by atoms with E-state index in [0.717, 1.165) is 34.7 Å². The number of benzene rings is 1. The monoisotopic (exact) mass is 428 g/mol. The molecular formula is C23H24N8O. The van der Waals surface area contributed by atoms with Gasteiger partial charge in [0.1, 0.15) is 0 Å². The molecule has 3 N–H and O–H groups in total. The van der Waals surface area contributed by atoms with Gasteiger partial charge in [-0.05, 0) is 36.8 Å². The Kier molecular flexibility index (Phi) is 6.66. The Morgan fingerprint density at radius 3 is 2.84 bits per heavy atom. The van der Waals surface area contributed by atoms with Crippen LogP contribution in [-0.4, -0.2) is 43.5 Å². The fraction of sp³-hybridized carbons (Fsp3) is 0.174. The first kappa shape index (κ1) is 21.0. The Morgan fingerprint density at radius 2 is 2.00 bits per heavy atom. The Morgan fingerprint density at radius 1 is 1.06 bits per heavy atom. The van der Waals surface area contributed by atoms with Crippen molar-refractivity contribution in [1.29, 1.82) is 0 Å². The van der Waals surface area contributed by atoms with E-state index < -0.39 is 0 Å². The number of aromatic nitrogens is 5.